The highest BCUT2D eigenvalue weighted by atomic mass is 16.5. The van der Waals surface area contributed by atoms with Crippen LogP contribution in [0.2, 0.25) is 0 Å². The van der Waals surface area contributed by atoms with Gasteiger partial charge in [-0.3, -0.25) is 9.59 Å². The molecular formula is C15H21NO3. The second-order valence-electron chi connectivity index (χ2n) is 4.38. The molecule has 4 heteroatoms. The summed E-state index contributed by atoms with van der Waals surface area (Å²) in [5.74, 6) is 1.00. The molecule has 0 aliphatic rings. The average molecular weight is 263 g/mol. The van der Waals surface area contributed by atoms with Crippen molar-refractivity contribution in [3.63, 3.8) is 0 Å². The minimum atomic E-state index is -0.0193. The van der Waals surface area contributed by atoms with Crippen LogP contribution in [0, 0.1) is 0 Å². The average Bonchev–Trinajstić information content (AvgIpc) is 2.44. The maximum absolute atomic E-state index is 11.7. The minimum absolute atomic E-state index is 0.0193. The Morgan fingerprint density at radius 3 is 2.32 bits per heavy atom. The van der Waals surface area contributed by atoms with Gasteiger partial charge in [0.05, 0.1) is 7.11 Å². The molecule has 0 unspecified atom stereocenters. The molecule has 1 aromatic rings. The van der Waals surface area contributed by atoms with E-state index in [2.05, 4.69) is 5.32 Å². The largest absolute Gasteiger partial charge is 0.497 e. The second-order valence-corrected chi connectivity index (χ2v) is 4.38. The molecule has 0 radical (unpaired) electrons. The lowest BCUT2D eigenvalue weighted by molar-refractivity contribution is -0.119. The fraction of sp³-hybridized carbons (Fsp3) is 0.467. The standard InChI is InChI=1S/C15H21NO3/c1-3-13(17)6-4-5-7-15(18)16-12-8-10-14(19-2)11-9-12/h8-11H,3-7H2,1-2H3,(H,16,18). The van der Waals surface area contributed by atoms with E-state index in [1.807, 2.05) is 6.92 Å². The van der Waals surface area contributed by atoms with Crippen LogP contribution < -0.4 is 10.1 Å². The zero-order valence-corrected chi connectivity index (χ0v) is 11.6. The van der Waals surface area contributed by atoms with E-state index in [1.54, 1.807) is 31.4 Å². The fourth-order valence-electron chi connectivity index (χ4n) is 1.68. The van der Waals surface area contributed by atoms with Crippen molar-refractivity contribution < 1.29 is 14.3 Å². The van der Waals surface area contributed by atoms with Gasteiger partial charge in [-0.1, -0.05) is 6.92 Å². The van der Waals surface area contributed by atoms with Crippen molar-refractivity contribution in [3.8, 4) is 5.75 Å². The van der Waals surface area contributed by atoms with Crippen molar-refractivity contribution in [3.05, 3.63) is 24.3 Å². The van der Waals surface area contributed by atoms with Gasteiger partial charge in [-0.05, 0) is 37.1 Å². The van der Waals surface area contributed by atoms with Crippen molar-refractivity contribution in [1.29, 1.82) is 0 Å². The van der Waals surface area contributed by atoms with Gasteiger partial charge >= 0.3 is 0 Å². The van der Waals surface area contributed by atoms with Crippen molar-refractivity contribution in [2.75, 3.05) is 12.4 Å². The Morgan fingerprint density at radius 2 is 1.74 bits per heavy atom. The molecule has 0 aliphatic heterocycles. The maximum atomic E-state index is 11.7. The smallest absolute Gasteiger partial charge is 0.224 e. The summed E-state index contributed by atoms with van der Waals surface area (Å²) in [6.07, 6.45) is 3.13. The Labute approximate surface area is 114 Å². The van der Waals surface area contributed by atoms with Gasteiger partial charge in [0, 0.05) is 24.9 Å². The Morgan fingerprint density at radius 1 is 1.11 bits per heavy atom. The van der Waals surface area contributed by atoms with Gasteiger partial charge in [-0.25, -0.2) is 0 Å². The van der Waals surface area contributed by atoms with Crippen LogP contribution in [0.4, 0.5) is 5.69 Å². The van der Waals surface area contributed by atoms with Crippen LogP contribution in [0.25, 0.3) is 0 Å². The zero-order valence-electron chi connectivity index (χ0n) is 11.6. The summed E-state index contributed by atoms with van der Waals surface area (Å²) in [5.41, 5.74) is 0.760. The predicted octanol–water partition coefficient (Wildman–Crippen LogP) is 3.17. The van der Waals surface area contributed by atoms with E-state index in [0.29, 0.717) is 19.3 Å². The molecule has 0 saturated carbocycles. The summed E-state index contributed by atoms with van der Waals surface area (Å²) in [7, 11) is 1.60. The number of hydrogen-bond acceptors (Lipinski definition) is 3. The third-order valence-electron chi connectivity index (χ3n) is 2.88. The molecule has 0 heterocycles. The van der Waals surface area contributed by atoms with Crippen LogP contribution in [0.1, 0.15) is 39.0 Å². The third kappa shape index (κ3) is 6.04. The predicted molar refractivity (Wildman–Crippen MR) is 75.4 cm³/mol. The molecule has 4 nitrogen and oxygen atoms in total. The maximum Gasteiger partial charge on any atom is 0.224 e. The highest BCUT2D eigenvalue weighted by Gasteiger charge is 2.04. The van der Waals surface area contributed by atoms with Gasteiger partial charge in [0.15, 0.2) is 0 Å². The molecule has 1 amide bonds. The highest BCUT2D eigenvalue weighted by Crippen LogP contribution is 2.15. The number of carbonyl (C=O) groups excluding carboxylic acids is 2. The number of methoxy groups -OCH3 is 1. The summed E-state index contributed by atoms with van der Waals surface area (Å²) in [4.78, 5) is 22.7. The van der Waals surface area contributed by atoms with Crippen LogP contribution in [0.15, 0.2) is 24.3 Å². The lowest BCUT2D eigenvalue weighted by atomic mass is 10.1. The minimum Gasteiger partial charge on any atom is -0.497 e. The van der Waals surface area contributed by atoms with Gasteiger partial charge < -0.3 is 10.1 Å². The van der Waals surface area contributed by atoms with E-state index >= 15 is 0 Å². The fourth-order valence-corrected chi connectivity index (χ4v) is 1.68. The quantitative estimate of drug-likeness (QED) is 0.733. The number of ether oxygens (including phenoxy) is 1. The van der Waals surface area contributed by atoms with E-state index in [9.17, 15) is 9.59 Å². The first-order valence-corrected chi connectivity index (χ1v) is 6.61. The van der Waals surface area contributed by atoms with E-state index in [1.165, 1.54) is 0 Å². The summed E-state index contributed by atoms with van der Waals surface area (Å²) in [6, 6.07) is 7.21. The van der Waals surface area contributed by atoms with Crippen molar-refractivity contribution in [2.45, 2.75) is 39.0 Å². The third-order valence-corrected chi connectivity index (χ3v) is 2.88. The van der Waals surface area contributed by atoms with Gasteiger partial charge in [0.2, 0.25) is 5.91 Å². The number of unbranched alkanes of at least 4 members (excludes halogenated alkanes) is 1. The molecule has 0 fully saturated rings. The zero-order chi connectivity index (χ0) is 14.1. The number of amides is 1. The molecule has 1 aromatic carbocycles. The number of rotatable bonds is 8. The van der Waals surface area contributed by atoms with Crippen LogP contribution >= 0.6 is 0 Å². The molecule has 19 heavy (non-hydrogen) atoms. The number of ketones is 1. The molecule has 0 aliphatic carbocycles. The lowest BCUT2D eigenvalue weighted by Crippen LogP contribution is -2.11. The van der Waals surface area contributed by atoms with E-state index in [-0.39, 0.29) is 11.7 Å². The SMILES string of the molecule is CCC(=O)CCCCC(=O)Nc1ccc(OC)cc1. The Kier molecular flexibility index (Phi) is 6.64. The Balaban J connectivity index is 2.25. The number of Topliss-reactive ketones (excluding diaryl/α,β-unsaturated/α-hetero) is 1. The molecule has 0 bridgehead atoms. The van der Waals surface area contributed by atoms with Crippen LogP contribution in [-0.2, 0) is 9.59 Å². The summed E-state index contributed by atoms with van der Waals surface area (Å²) >= 11 is 0. The van der Waals surface area contributed by atoms with Crippen molar-refractivity contribution >= 4 is 17.4 Å². The molecule has 104 valence electrons. The van der Waals surface area contributed by atoms with Gasteiger partial charge in [0.1, 0.15) is 11.5 Å². The van der Waals surface area contributed by atoms with Crippen LogP contribution in [0.5, 0.6) is 5.75 Å². The Hall–Kier alpha value is -1.84. The molecule has 0 aromatic heterocycles. The summed E-state index contributed by atoms with van der Waals surface area (Å²) in [5, 5.41) is 2.82. The van der Waals surface area contributed by atoms with Crippen LogP contribution in [0.3, 0.4) is 0 Å². The highest BCUT2D eigenvalue weighted by molar-refractivity contribution is 5.90. The molecular weight excluding hydrogens is 242 g/mol. The first-order chi connectivity index (χ1) is 9.15. The first-order valence-electron chi connectivity index (χ1n) is 6.61. The van der Waals surface area contributed by atoms with Crippen molar-refractivity contribution in [1.82, 2.24) is 0 Å². The summed E-state index contributed by atoms with van der Waals surface area (Å²) < 4.78 is 5.04. The number of hydrogen-bond donors (Lipinski definition) is 1. The molecule has 0 saturated heterocycles. The number of benzene rings is 1. The first kappa shape index (κ1) is 15.2. The van der Waals surface area contributed by atoms with Gasteiger partial charge in [-0.2, -0.15) is 0 Å². The lowest BCUT2D eigenvalue weighted by Gasteiger charge is -2.06. The normalized spacial score (nSPS) is 10.0. The van der Waals surface area contributed by atoms with Gasteiger partial charge in [0.25, 0.3) is 0 Å². The number of nitrogens with one attached hydrogen (secondary N) is 1. The molecule has 0 spiro atoms. The van der Waals surface area contributed by atoms with E-state index < -0.39 is 0 Å². The number of carbonyl (C=O) groups is 2. The van der Waals surface area contributed by atoms with E-state index in [4.69, 9.17) is 4.74 Å². The second kappa shape index (κ2) is 8.29. The molecule has 1 N–H and O–H groups in total. The monoisotopic (exact) mass is 263 g/mol. The Bertz CT molecular complexity index is 412. The molecule has 1 rings (SSSR count). The number of anilines is 1. The topological polar surface area (TPSA) is 55.4 Å². The van der Waals surface area contributed by atoms with E-state index in [0.717, 1.165) is 24.3 Å². The summed E-state index contributed by atoms with van der Waals surface area (Å²) in [6.45, 7) is 1.86. The van der Waals surface area contributed by atoms with Gasteiger partial charge in [-0.15, -0.1) is 0 Å². The van der Waals surface area contributed by atoms with Crippen LogP contribution in [-0.4, -0.2) is 18.8 Å². The van der Waals surface area contributed by atoms with Crippen molar-refractivity contribution in [2.24, 2.45) is 0 Å². The molecule has 0 atom stereocenters.